The van der Waals surface area contributed by atoms with Crippen LogP contribution in [-0.2, 0) is 6.42 Å². The minimum absolute atomic E-state index is 0.452. The molecule has 0 aromatic carbocycles. The van der Waals surface area contributed by atoms with Crippen molar-refractivity contribution >= 4 is 11.6 Å². The molecule has 14 heavy (non-hydrogen) atoms. The Morgan fingerprint density at radius 3 is 2.50 bits per heavy atom. The fraction of sp³-hybridized carbons (Fsp3) is 0.727. The van der Waals surface area contributed by atoms with Crippen LogP contribution in [0.25, 0.3) is 0 Å². The Morgan fingerprint density at radius 2 is 2.00 bits per heavy atom. The molecule has 3 heteroatoms. The molecule has 0 saturated heterocycles. The van der Waals surface area contributed by atoms with E-state index in [1.165, 1.54) is 0 Å². The highest BCUT2D eigenvalue weighted by Gasteiger charge is 2.12. The molecule has 0 aliphatic heterocycles. The maximum atomic E-state index is 6.13. The van der Waals surface area contributed by atoms with Gasteiger partial charge in [0.2, 0.25) is 0 Å². The highest BCUT2D eigenvalue weighted by molar-refractivity contribution is 6.29. The lowest BCUT2D eigenvalue weighted by molar-refractivity contribution is 0.426. The molecule has 0 spiro atoms. The van der Waals surface area contributed by atoms with Crippen molar-refractivity contribution in [2.24, 2.45) is 0 Å². The van der Waals surface area contributed by atoms with Gasteiger partial charge in [0.05, 0.1) is 11.7 Å². The smallest absolute Gasteiger partial charge is 0.127 e. The summed E-state index contributed by atoms with van der Waals surface area (Å²) < 4.78 is 1.96. The van der Waals surface area contributed by atoms with Gasteiger partial charge in [-0.15, -0.1) is 0 Å². The lowest BCUT2D eigenvalue weighted by Gasteiger charge is -2.13. The summed E-state index contributed by atoms with van der Waals surface area (Å²) in [5, 5.41) is 5.31. The van der Waals surface area contributed by atoms with Crippen LogP contribution in [0.1, 0.15) is 51.8 Å². The van der Waals surface area contributed by atoms with E-state index < -0.39 is 0 Å². The molecule has 80 valence electrons. The van der Waals surface area contributed by atoms with E-state index in [2.05, 4.69) is 25.9 Å². The third kappa shape index (κ3) is 2.50. The maximum absolute atomic E-state index is 6.13. The van der Waals surface area contributed by atoms with E-state index in [0.29, 0.717) is 6.04 Å². The van der Waals surface area contributed by atoms with Crippen LogP contribution in [0.3, 0.4) is 0 Å². The Kier molecular flexibility index (Phi) is 4.46. The minimum Gasteiger partial charge on any atom is -0.251 e. The second-order valence-corrected chi connectivity index (χ2v) is 4.01. The minimum atomic E-state index is 0.452. The molecule has 0 radical (unpaired) electrons. The second kappa shape index (κ2) is 5.40. The highest BCUT2D eigenvalue weighted by atomic mass is 35.5. The third-order valence-electron chi connectivity index (χ3n) is 2.54. The van der Waals surface area contributed by atoms with Gasteiger partial charge in [-0.2, -0.15) is 5.10 Å². The van der Waals surface area contributed by atoms with Gasteiger partial charge in [0, 0.05) is 0 Å². The number of nitrogens with zero attached hydrogens (tertiary/aromatic N) is 2. The van der Waals surface area contributed by atoms with Gasteiger partial charge >= 0.3 is 0 Å². The van der Waals surface area contributed by atoms with Gasteiger partial charge in [0.1, 0.15) is 5.15 Å². The Morgan fingerprint density at radius 1 is 1.36 bits per heavy atom. The number of aromatic nitrogens is 2. The molecule has 0 saturated carbocycles. The molecular formula is C11H19ClN2. The lowest BCUT2D eigenvalue weighted by atomic mass is 10.2. The van der Waals surface area contributed by atoms with Crippen LogP contribution in [0, 0.1) is 0 Å². The molecule has 0 aliphatic carbocycles. The van der Waals surface area contributed by atoms with Crippen molar-refractivity contribution in [3.05, 3.63) is 16.9 Å². The first kappa shape index (κ1) is 11.6. The summed E-state index contributed by atoms with van der Waals surface area (Å²) in [5.41, 5.74) is 1.12. The quantitative estimate of drug-likeness (QED) is 0.728. The van der Waals surface area contributed by atoms with Gasteiger partial charge in [-0.05, 0) is 25.3 Å². The Bertz CT molecular complexity index is 277. The van der Waals surface area contributed by atoms with Crippen molar-refractivity contribution in [3.8, 4) is 0 Å². The molecule has 0 atom stereocenters. The molecular weight excluding hydrogens is 196 g/mol. The van der Waals surface area contributed by atoms with E-state index in [9.17, 15) is 0 Å². The fourth-order valence-corrected chi connectivity index (χ4v) is 1.99. The van der Waals surface area contributed by atoms with Crippen molar-refractivity contribution in [2.75, 3.05) is 0 Å². The van der Waals surface area contributed by atoms with Gasteiger partial charge in [0.15, 0.2) is 0 Å². The first-order chi connectivity index (χ1) is 6.72. The average molecular weight is 215 g/mol. The van der Waals surface area contributed by atoms with Crippen LogP contribution in [0.5, 0.6) is 0 Å². The number of aryl methyl sites for hydroxylation is 1. The number of hydrogen-bond acceptors (Lipinski definition) is 1. The predicted octanol–water partition coefficient (Wildman–Crippen LogP) is 3.85. The number of hydrogen-bond donors (Lipinski definition) is 0. The van der Waals surface area contributed by atoms with Gasteiger partial charge in [-0.25, -0.2) is 0 Å². The third-order valence-corrected chi connectivity index (χ3v) is 2.82. The molecule has 1 aromatic rings. The number of halogens is 1. The zero-order valence-electron chi connectivity index (χ0n) is 9.26. The SMILES string of the molecule is CCCc1cc(Cl)n(C(CC)CC)n1. The number of rotatable bonds is 5. The van der Waals surface area contributed by atoms with E-state index in [-0.39, 0.29) is 0 Å². The van der Waals surface area contributed by atoms with Crippen molar-refractivity contribution in [2.45, 2.75) is 52.5 Å². The molecule has 1 heterocycles. The van der Waals surface area contributed by atoms with Gasteiger partial charge in [-0.1, -0.05) is 38.8 Å². The molecule has 2 nitrogen and oxygen atoms in total. The van der Waals surface area contributed by atoms with Crippen molar-refractivity contribution in [1.82, 2.24) is 9.78 Å². The molecule has 1 rings (SSSR count). The molecule has 0 unspecified atom stereocenters. The molecule has 1 aromatic heterocycles. The van der Waals surface area contributed by atoms with E-state index >= 15 is 0 Å². The summed E-state index contributed by atoms with van der Waals surface area (Å²) in [5.74, 6) is 0. The largest absolute Gasteiger partial charge is 0.251 e. The van der Waals surface area contributed by atoms with Gasteiger partial charge in [0.25, 0.3) is 0 Å². The Hall–Kier alpha value is -0.500. The maximum Gasteiger partial charge on any atom is 0.127 e. The summed E-state index contributed by atoms with van der Waals surface area (Å²) in [7, 11) is 0. The van der Waals surface area contributed by atoms with Crippen LogP contribution >= 0.6 is 11.6 Å². The molecule has 0 fully saturated rings. The van der Waals surface area contributed by atoms with Crippen molar-refractivity contribution < 1.29 is 0 Å². The zero-order valence-corrected chi connectivity index (χ0v) is 10.0. The first-order valence-electron chi connectivity index (χ1n) is 5.46. The monoisotopic (exact) mass is 214 g/mol. The molecule has 0 aliphatic rings. The molecule has 0 N–H and O–H groups in total. The summed E-state index contributed by atoms with van der Waals surface area (Å²) in [4.78, 5) is 0. The van der Waals surface area contributed by atoms with E-state index in [1.54, 1.807) is 0 Å². The van der Waals surface area contributed by atoms with E-state index in [0.717, 1.165) is 36.5 Å². The van der Waals surface area contributed by atoms with Crippen molar-refractivity contribution in [3.63, 3.8) is 0 Å². The fourth-order valence-electron chi connectivity index (χ4n) is 1.69. The summed E-state index contributed by atoms with van der Waals surface area (Å²) >= 11 is 6.13. The zero-order chi connectivity index (χ0) is 10.6. The highest BCUT2D eigenvalue weighted by Crippen LogP contribution is 2.22. The van der Waals surface area contributed by atoms with Crippen LogP contribution in [0.2, 0.25) is 5.15 Å². The van der Waals surface area contributed by atoms with Crippen LogP contribution in [0.15, 0.2) is 6.07 Å². The lowest BCUT2D eigenvalue weighted by Crippen LogP contribution is -2.09. The van der Waals surface area contributed by atoms with Gasteiger partial charge in [-0.3, -0.25) is 4.68 Å². The Balaban J connectivity index is 2.85. The van der Waals surface area contributed by atoms with Crippen molar-refractivity contribution in [1.29, 1.82) is 0 Å². The van der Waals surface area contributed by atoms with E-state index in [4.69, 9.17) is 11.6 Å². The van der Waals surface area contributed by atoms with Gasteiger partial charge < -0.3 is 0 Å². The predicted molar refractivity (Wildman–Crippen MR) is 60.9 cm³/mol. The molecule has 0 amide bonds. The summed E-state index contributed by atoms with van der Waals surface area (Å²) in [6.45, 7) is 6.50. The standard InChI is InChI=1S/C11H19ClN2/c1-4-7-9-8-11(12)14(13-9)10(5-2)6-3/h8,10H,4-7H2,1-3H3. The summed E-state index contributed by atoms with van der Waals surface area (Å²) in [6, 6.07) is 2.44. The average Bonchev–Trinajstić information content (AvgIpc) is 2.51. The topological polar surface area (TPSA) is 17.8 Å². The Labute approximate surface area is 91.3 Å². The molecule has 0 bridgehead atoms. The normalized spacial score (nSPS) is 11.2. The summed E-state index contributed by atoms with van der Waals surface area (Å²) in [6.07, 6.45) is 4.32. The van der Waals surface area contributed by atoms with E-state index in [1.807, 2.05) is 10.7 Å². The second-order valence-electron chi connectivity index (χ2n) is 3.62. The first-order valence-corrected chi connectivity index (χ1v) is 5.84. The van der Waals surface area contributed by atoms with Crippen LogP contribution in [-0.4, -0.2) is 9.78 Å². The van der Waals surface area contributed by atoms with Crippen LogP contribution < -0.4 is 0 Å². The van der Waals surface area contributed by atoms with Crippen LogP contribution in [0.4, 0.5) is 0 Å².